The van der Waals surface area contributed by atoms with E-state index in [0.717, 1.165) is 16.9 Å². The summed E-state index contributed by atoms with van der Waals surface area (Å²) in [4.78, 5) is 0. The summed E-state index contributed by atoms with van der Waals surface area (Å²) in [6.07, 6.45) is 0. The Hall–Kier alpha value is -1.80. The fourth-order valence-electron chi connectivity index (χ4n) is 1.95. The van der Waals surface area contributed by atoms with E-state index in [0.29, 0.717) is 0 Å². The number of nitrogens with two attached hydrogens (primary N) is 1. The topological polar surface area (TPSA) is 35.2 Å². The van der Waals surface area contributed by atoms with Crippen molar-refractivity contribution in [3.63, 3.8) is 0 Å². The van der Waals surface area contributed by atoms with Gasteiger partial charge in [0.1, 0.15) is 5.75 Å². The highest BCUT2D eigenvalue weighted by Crippen LogP contribution is 2.29. The molecular formula is C15H17NO. The molecule has 2 aromatic carbocycles. The third-order valence-electron chi connectivity index (χ3n) is 2.83. The van der Waals surface area contributed by atoms with Gasteiger partial charge in [0.15, 0.2) is 0 Å². The second-order valence-electron chi connectivity index (χ2n) is 4.11. The van der Waals surface area contributed by atoms with E-state index in [9.17, 15) is 0 Å². The molecule has 0 fully saturated rings. The summed E-state index contributed by atoms with van der Waals surface area (Å²) in [6.45, 7) is 2.00. The Morgan fingerprint density at radius 1 is 1.06 bits per heavy atom. The van der Waals surface area contributed by atoms with E-state index in [1.165, 1.54) is 5.56 Å². The van der Waals surface area contributed by atoms with Crippen LogP contribution in [0.15, 0.2) is 48.5 Å². The van der Waals surface area contributed by atoms with E-state index in [1.807, 2.05) is 37.3 Å². The largest absolute Gasteiger partial charge is 0.497 e. The molecule has 0 saturated carbocycles. The molecule has 0 aromatic heterocycles. The second kappa shape index (κ2) is 5.02. The van der Waals surface area contributed by atoms with Crippen molar-refractivity contribution in [2.45, 2.75) is 13.0 Å². The van der Waals surface area contributed by atoms with Gasteiger partial charge in [0.2, 0.25) is 0 Å². The van der Waals surface area contributed by atoms with Crippen molar-refractivity contribution in [1.29, 1.82) is 0 Å². The zero-order chi connectivity index (χ0) is 12.3. The standard InChI is InChI=1S/C15H17NO/c1-11(16)14-8-3-4-9-15(14)12-6-5-7-13(10-12)17-2/h3-11H,16H2,1-2H3. The Morgan fingerprint density at radius 2 is 1.82 bits per heavy atom. The van der Waals surface area contributed by atoms with E-state index in [4.69, 9.17) is 10.5 Å². The average molecular weight is 227 g/mol. The maximum Gasteiger partial charge on any atom is 0.119 e. The first-order valence-corrected chi connectivity index (χ1v) is 5.71. The average Bonchev–Trinajstić information content (AvgIpc) is 2.39. The van der Waals surface area contributed by atoms with Crippen LogP contribution in [0, 0.1) is 0 Å². The van der Waals surface area contributed by atoms with Crippen LogP contribution in [0.4, 0.5) is 0 Å². The number of methoxy groups -OCH3 is 1. The Labute approximate surface area is 102 Å². The predicted molar refractivity (Wildman–Crippen MR) is 71.0 cm³/mol. The van der Waals surface area contributed by atoms with E-state index in [1.54, 1.807) is 7.11 Å². The van der Waals surface area contributed by atoms with Gasteiger partial charge in [-0.15, -0.1) is 0 Å². The maximum absolute atomic E-state index is 5.99. The third-order valence-corrected chi connectivity index (χ3v) is 2.83. The molecule has 0 saturated heterocycles. The number of rotatable bonds is 3. The molecule has 17 heavy (non-hydrogen) atoms. The molecule has 0 bridgehead atoms. The van der Waals surface area contributed by atoms with Gasteiger partial charge in [0.05, 0.1) is 7.11 Å². The predicted octanol–water partition coefficient (Wildman–Crippen LogP) is 3.38. The summed E-state index contributed by atoms with van der Waals surface area (Å²) in [7, 11) is 1.68. The zero-order valence-electron chi connectivity index (χ0n) is 10.2. The smallest absolute Gasteiger partial charge is 0.119 e. The van der Waals surface area contributed by atoms with Crippen LogP contribution in [0.3, 0.4) is 0 Å². The molecule has 2 aromatic rings. The molecule has 0 spiro atoms. The van der Waals surface area contributed by atoms with Gasteiger partial charge in [-0.3, -0.25) is 0 Å². The zero-order valence-corrected chi connectivity index (χ0v) is 10.2. The number of hydrogen-bond donors (Lipinski definition) is 1. The first-order chi connectivity index (χ1) is 8.22. The molecule has 2 rings (SSSR count). The molecule has 88 valence electrons. The minimum atomic E-state index is 0.0254. The van der Waals surface area contributed by atoms with Crippen LogP contribution < -0.4 is 10.5 Å². The molecule has 2 nitrogen and oxygen atoms in total. The molecule has 0 aliphatic rings. The minimum absolute atomic E-state index is 0.0254. The lowest BCUT2D eigenvalue weighted by atomic mass is 9.96. The van der Waals surface area contributed by atoms with Crippen molar-refractivity contribution >= 4 is 0 Å². The van der Waals surface area contributed by atoms with Crippen molar-refractivity contribution in [3.05, 3.63) is 54.1 Å². The molecule has 0 heterocycles. The summed E-state index contributed by atoms with van der Waals surface area (Å²) in [5.41, 5.74) is 9.45. The van der Waals surface area contributed by atoms with Gasteiger partial charge in [-0.05, 0) is 35.7 Å². The van der Waals surface area contributed by atoms with Gasteiger partial charge < -0.3 is 10.5 Å². The highest BCUT2D eigenvalue weighted by atomic mass is 16.5. The summed E-state index contributed by atoms with van der Waals surface area (Å²) < 4.78 is 5.25. The van der Waals surface area contributed by atoms with E-state index in [-0.39, 0.29) is 6.04 Å². The molecule has 0 amide bonds. The fraction of sp³-hybridized carbons (Fsp3) is 0.200. The van der Waals surface area contributed by atoms with Gasteiger partial charge in [-0.1, -0.05) is 36.4 Å². The van der Waals surface area contributed by atoms with Crippen LogP contribution in [0.1, 0.15) is 18.5 Å². The van der Waals surface area contributed by atoms with Gasteiger partial charge >= 0.3 is 0 Å². The Kier molecular flexibility index (Phi) is 3.45. The second-order valence-corrected chi connectivity index (χ2v) is 4.11. The lowest BCUT2D eigenvalue weighted by Gasteiger charge is -2.13. The molecule has 0 aliphatic heterocycles. The highest BCUT2D eigenvalue weighted by molar-refractivity contribution is 5.69. The summed E-state index contributed by atoms with van der Waals surface area (Å²) in [5, 5.41) is 0. The van der Waals surface area contributed by atoms with Gasteiger partial charge in [-0.2, -0.15) is 0 Å². The number of hydrogen-bond acceptors (Lipinski definition) is 2. The van der Waals surface area contributed by atoms with Gasteiger partial charge in [-0.25, -0.2) is 0 Å². The van der Waals surface area contributed by atoms with E-state index in [2.05, 4.69) is 18.2 Å². The summed E-state index contributed by atoms with van der Waals surface area (Å²) in [6, 6.07) is 16.3. The number of ether oxygens (including phenoxy) is 1. The molecule has 1 atom stereocenters. The fourth-order valence-corrected chi connectivity index (χ4v) is 1.95. The Balaban J connectivity index is 2.52. The molecule has 0 radical (unpaired) electrons. The minimum Gasteiger partial charge on any atom is -0.497 e. The SMILES string of the molecule is COc1cccc(-c2ccccc2C(C)N)c1. The van der Waals surface area contributed by atoms with Crippen LogP contribution >= 0.6 is 0 Å². The lowest BCUT2D eigenvalue weighted by molar-refractivity contribution is 0.415. The summed E-state index contributed by atoms with van der Waals surface area (Å²) in [5.74, 6) is 0.863. The highest BCUT2D eigenvalue weighted by Gasteiger charge is 2.08. The number of benzene rings is 2. The maximum atomic E-state index is 5.99. The normalized spacial score (nSPS) is 12.2. The molecule has 1 unspecified atom stereocenters. The third kappa shape index (κ3) is 2.48. The van der Waals surface area contributed by atoms with E-state index >= 15 is 0 Å². The van der Waals surface area contributed by atoms with Crippen LogP contribution in [-0.4, -0.2) is 7.11 Å². The summed E-state index contributed by atoms with van der Waals surface area (Å²) >= 11 is 0. The molecular weight excluding hydrogens is 210 g/mol. The van der Waals surface area contributed by atoms with Crippen molar-refractivity contribution < 1.29 is 4.74 Å². The monoisotopic (exact) mass is 227 g/mol. The molecule has 2 heteroatoms. The van der Waals surface area contributed by atoms with Crippen molar-refractivity contribution in [3.8, 4) is 16.9 Å². The van der Waals surface area contributed by atoms with Gasteiger partial charge in [0, 0.05) is 6.04 Å². The van der Waals surface area contributed by atoms with Gasteiger partial charge in [0.25, 0.3) is 0 Å². The van der Waals surface area contributed by atoms with Crippen LogP contribution in [0.25, 0.3) is 11.1 Å². The Bertz CT molecular complexity index is 506. The van der Waals surface area contributed by atoms with Crippen LogP contribution in [0.5, 0.6) is 5.75 Å². The van der Waals surface area contributed by atoms with Crippen molar-refractivity contribution in [2.75, 3.05) is 7.11 Å². The molecule has 0 aliphatic carbocycles. The Morgan fingerprint density at radius 3 is 2.53 bits per heavy atom. The van der Waals surface area contributed by atoms with Crippen LogP contribution in [-0.2, 0) is 0 Å². The van der Waals surface area contributed by atoms with Crippen molar-refractivity contribution in [1.82, 2.24) is 0 Å². The quantitative estimate of drug-likeness (QED) is 0.872. The lowest BCUT2D eigenvalue weighted by Crippen LogP contribution is -2.06. The van der Waals surface area contributed by atoms with Crippen LogP contribution in [0.2, 0.25) is 0 Å². The first kappa shape index (κ1) is 11.7. The molecule has 2 N–H and O–H groups in total. The first-order valence-electron chi connectivity index (χ1n) is 5.71. The van der Waals surface area contributed by atoms with E-state index < -0.39 is 0 Å². The van der Waals surface area contributed by atoms with Crippen molar-refractivity contribution in [2.24, 2.45) is 5.73 Å².